The first-order chi connectivity index (χ1) is 10.8. The number of aliphatic carboxylic acids is 1. The third-order valence-corrected chi connectivity index (χ3v) is 5.96. The fourth-order valence-electron chi connectivity index (χ4n) is 3.45. The summed E-state index contributed by atoms with van der Waals surface area (Å²) in [5.74, 6) is -0.319. The van der Waals surface area contributed by atoms with Crippen molar-refractivity contribution in [3.63, 3.8) is 0 Å². The van der Waals surface area contributed by atoms with Crippen LogP contribution in [-0.2, 0) is 19.6 Å². The molecular formula is C15H29ClN2O5S. The molecule has 24 heavy (non-hydrogen) atoms. The highest BCUT2D eigenvalue weighted by molar-refractivity contribution is 7.88. The standard InChI is InChI=1S/C15H28N2O5S.ClH/c1-23(20,21)17(12-15(18)19)11-14-10-16(8-9-22-14)7-6-13-4-2-3-5-13;/h13-14H,2-12H2,1H3,(H,18,19);1H. The first-order valence-electron chi connectivity index (χ1n) is 8.35. The molecule has 0 amide bonds. The van der Waals surface area contributed by atoms with Gasteiger partial charge in [-0.3, -0.25) is 9.69 Å². The minimum Gasteiger partial charge on any atom is -0.480 e. The Morgan fingerprint density at radius 2 is 2.00 bits per heavy atom. The highest BCUT2D eigenvalue weighted by atomic mass is 35.5. The SMILES string of the molecule is CS(=O)(=O)N(CC(=O)O)CC1CN(CCC2CCCC2)CCO1.Cl. The molecule has 0 aromatic rings. The summed E-state index contributed by atoms with van der Waals surface area (Å²) in [5.41, 5.74) is 0. The lowest BCUT2D eigenvalue weighted by molar-refractivity contribution is -0.137. The van der Waals surface area contributed by atoms with E-state index in [0.717, 1.165) is 29.6 Å². The lowest BCUT2D eigenvalue weighted by Crippen LogP contribution is -2.49. The average molecular weight is 385 g/mol. The second-order valence-corrected chi connectivity index (χ2v) is 8.66. The first-order valence-corrected chi connectivity index (χ1v) is 10.2. The summed E-state index contributed by atoms with van der Waals surface area (Å²) >= 11 is 0. The zero-order valence-corrected chi connectivity index (χ0v) is 15.9. The monoisotopic (exact) mass is 384 g/mol. The Labute approximate surface area is 150 Å². The number of sulfonamides is 1. The van der Waals surface area contributed by atoms with Gasteiger partial charge in [-0.05, 0) is 18.9 Å². The van der Waals surface area contributed by atoms with Crippen molar-refractivity contribution < 1.29 is 23.1 Å². The topological polar surface area (TPSA) is 87.2 Å². The molecule has 2 aliphatic rings. The lowest BCUT2D eigenvalue weighted by Gasteiger charge is -2.35. The van der Waals surface area contributed by atoms with Crippen LogP contribution in [0.1, 0.15) is 32.1 Å². The Balaban J connectivity index is 0.00000288. The van der Waals surface area contributed by atoms with Crippen molar-refractivity contribution in [3.05, 3.63) is 0 Å². The minimum atomic E-state index is -3.55. The smallest absolute Gasteiger partial charge is 0.318 e. The number of morpholine rings is 1. The number of rotatable bonds is 8. The highest BCUT2D eigenvalue weighted by Gasteiger charge is 2.28. The molecule has 0 aromatic heterocycles. The molecular weight excluding hydrogens is 356 g/mol. The number of halogens is 1. The summed E-state index contributed by atoms with van der Waals surface area (Å²) in [6.45, 7) is 2.70. The molecule has 1 saturated carbocycles. The van der Waals surface area contributed by atoms with Gasteiger partial charge in [-0.15, -0.1) is 12.4 Å². The number of hydrogen-bond acceptors (Lipinski definition) is 5. The van der Waals surface area contributed by atoms with Crippen LogP contribution in [0.5, 0.6) is 0 Å². The van der Waals surface area contributed by atoms with Crippen molar-refractivity contribution in [1.29, 1.82) is 0 Å². The van der Waals surface area contributed by atoms with E-state index in [9.17, 15) is 13.2 Å². The van der Waals surface area contributed by atoms with Crippen LogP contribution in [0.3, 0.4) is 0 Å². The summed E-state index contributed by atoms with van der Waals surface area (Å²) in [7, 11) is -3.55. The second kappa shape index (κ2) is 9.91. The minimum absolute atomic E-state index is 0. The number of carbonyl (C=O) groups is 1. The molecule has 1 heterocycles. The van der Waals surface area contributed by atoms with Gasteiger partial charge >= 0.3 is 5.97 Å². The predicted octanol–water partition coefficient (Wildman–Crippen LogP) is 1.04. The van der Waals surface area contributed by atoms with E-state index in [-0.39, 0.29) is 25.1 Å². The van der Waals surface area contributed by atoms with E-state index in [1.165, 1.54) is 32.1 Å². The van der Waals surface area contributed by atoms with Gasteiger partial charge in [-0.2, -0.15) is 4.31 Å². The number of nitrogens with zero attached hydrogens (tertiary/aromatic N) is 2. The van der Waals surface area contributed by atoms with Crippen LogP contribution in [0.25, 0.3) is 0 Å². The van der Waals surface area contributed by atoms with Crippen molar-refractivity contribution in [2.24, 2.45) is 5.92 Å². The fraction of sp³-hybridized carbons (Fsp3) is 0.933. The third-order valence-electron chi connectivity index (χ3n) is 4.74. The first kappa shape index (κ1) is 21.6. The Morgan fingerprint density at radius 3 is 2.58 bits per heavy atom. The maximum Gasteiger partial charge on any atom is 0.318 e. The largest absolute Gasteiger partial charge is 0.480 e. The van der Waals surface area contributed by atoms with Gasteiger partial charge in [0.25, 0.3) is 0 Å². The molecule has 9 heteroatoms. The number of carboxylic acid groups (broad SMARTS) is 1. The van der Waals surface area contributed by atoms with Crippen LogP contribution in [-0.4, -0.2) is 80.4 Å². The van der Waals surface area contributed by atoms with Gasteiger partial charge < -0.3 is 9.84 Å². The lowest BCUT2D eigenvalue weighted by atomic mass is 10.0. The molecule has 0 aromatic carbocycles. The van der Waals surface area contributed by atoms with Gasteiger partial charge in [0.1, 0.15) is 6.54 Å². The zero-order chi connectivity index (χ0) is 16.9. The van der Waals surface area contributed by atoms with Crippen LogP contribution in [0.2, 0.25) is 0 Å². The van der Waals surface area contributed by atoms with E-state index in [1.807, 2.05) is 0 Å². The molecule has 0 spiro atoms. The molecule has 1 aliphatic heterocycles. The van der Waals surface area contributed by atoms with E-state index in [4.69, 9.17) is 9.84 Å². The normalized spacial score (nSPS) is 23.3. The second-order valence-electron chi connectivity index (χ2n) is 6.68. The summed E-state index contributed by atoms with van der Waals surface area (Å²) < 4.78 is 30.1. The molecule has 7 nitrogen and oxygen atoms in total. The summed E-state index contributed by atoms with van der Waals surface area (Å²) in [6.07, 6.45) is 7.31. The van der Waals surface area contributed by atoms with Gasteiger partial charge in [0.05, 0.1) is 19.0 Å². The zero-order valence-electron chi connectivity index (χ0n) is 14.2. The van der Waals surface area contributed by atoms with Crippen molar-refractivity contribution in [3.8, 4) is 0 Å². The van der Waals surface area contributed by atoms with Crippen molar-refractivity contribution in [1.82, 2.24) is 9.21 Å². The molecule has 0 radical (unpaired) electrons. The van der Waals surface area contributed by atoms with E-state index in [2.05, 4.69) is 4.90 Å². The molecule has 1 N–H and O–H groups in total. The fourth-order valence-corrected chi connectivity index (χ4v) is 4.24. The van der Waals surface area contributed by atoms with Gasteiger partial charge in [0.15, 0.2) is 0 Å². The van der Waals surface area contributed by atoms with Crippen molar-refractivity contribution >= 4 is 28.4 Å². The third kappa shape index (κ3) is 7.23. The molecule has 142 valence electrons. The maximum absolute atomic E-state index is 11.7. The van der Waals surface area contributed by atoms with E-state index < -0.39 is 22.5 Å². The Hall–Kier alpha value is -0.410. The van der Waals surface area contributed by atoms with E-state index >= 15 is 0 Å². The maximum atomic E-state index is 11.7. The van der Waals surface area contributed by atoms with E-state index in [0.29, 0.717) is 13.2 Å². The molecule has 1 aliphatic carbocycles. The van der Waals surface area contributed by atoms with Gasteiger partial charge in [0, 0.05) is 19.6 Å². The van der Waals surface area contributed by atoms with Crippen molar-refractivity contribution in [2.45, 2.75) is 38.2 Å². The summed E-state index contributed by atoms with van der Waals surface area (Å²) in [4.78, 5) is 13.2. The number of hydrogen-bond donors (Lipinski definition) is 1. The Bertz CT molecular complexity index is 496. The summed E-state index contributed by atoms with van der Waals surface area (Å²) in [6, 6.07) is 0. The van der Waals surface area contributed by atoms with Crippen LogP contribution in [0, 0.1) is 5.92 Å². The average Bonchev–Trinajstić information content (AvgIpc) is 2.97. The Kier molecular flexibility index (Phi) is 8.94. The highest BCUT2D eigenvalue weighted by Crippen LogP contribution is 2.27. The molecule has 1 unspecified atom stereocenters. The number of carboxylic acids is 1. The number of ether oxygens (including phenoxy) is 1. The molecule has 1 atom stereocenters. The predicted molar refractivity (Wildman–Crippen MR) is 94.1 cm³/mol. The van der Waals surface area contributed by atoms with Crippen LogP contribution in [0.4, 0.5) is 0 Å². The molecule has 0 bridgehead atoms. The van der Waals surface area contributed by atoms with Gasteiger partial charge in [-0.1, -0.05) is 25.7 Å². The van der Waals surface area contributed by atoms with Crippen molar-refractivity contribution in [2.75, 3.05) is 45.6 Å². The van der Waals surface area contributed by atoms with Crippen LogP contribution >= 0.6 is 12.4 Å². The van der Waals surface area contributed by atoms with Gasteiger partial charge in [-0.25, -0.2) is 8.42 Å². The molecule has 2 rings (SSSR count). The molecule has 1 saturated heterocycles. The van der Waals surface area contributed by atoms with Crippen LogP contribution in [0.15, 0.2) is 0 Å². The summed E-state index contributed by atoms with van der Waals surface area (Å²) in [5, 5.41) is 8.88. The quantitative estimate of drug-likeness (QED) is 0.672. The Morgan fingerprint density at radius 1 is 1.33 bits per heavy atom. The van der Waals surface area contributed by atoms with Gasteiger partial charge in [0.2, 0.25) is 10.0 Å². The van der Waals surface area contributed by atoms with E-state index in [1.54, 1.807) is 0 Å². The molecule has 2 fully saturated rings. The van der Waals surface area contributed by atoms with Crippen LogP contribution < -0.4 is 0 Å².